The molecule has 0 bridgehead atoms. The van der Waals surface area contributed by atoms with Gasteiger partial charge in [0.2, 0.25) is 5.91 Å². The summed E-state index contributed by atoms with van der Waals surface area (Å²) in [4.78, 5) is 11.0. The lowest BCUT2D eigenvalue weighted by Crippen LogP contribution is -2.25. The fourth-order valence-corrected chi connectivity index (χ4v) is 1.23. The molecule has 3 nitrogen and oxygen atoms in total. The number of rotatable bonds is 7. The van der Waals surface area contributed by atoms with E-state index in [-0.39, 0.29) is 5.91 Å². The Balaban J connectivity index is 3.10. The first kappa shape index (κ1) is 11.8. The molecule has 0 rings (SSSR count). The molecule has 12 heavy (non-hydrogen) atoms. The molecule has 1 amide bonds. The first-order valence-corrected chi connectivity index (χ1v) is 5.66. The van der Waals surface area contributed by atoms with Gasteiger partial charge in [0.25, 0.3) is 0 Å². The van der Waals surface area contributed by atoms with Crippen molar-refractivity contribution >= 4 is 17.7 Å². The number of carbonyl (C=O) groups excluding carboxylic acids is 1. The Kier molecular flexibility index (Phi) is 8.71. The van der Waals surface area contributed by atoms with Gasteiger partial charge in [-0.1, -0.05) is 0 Å². The minimum absolute atomic E-state index is 0.150. The van der Waals surface area contributed by atoms with Crippen LogP contribution >= 0.6 is 11.8 Å². The van der Waals surface area contributed by atoms with Gasteiger partial charge in [0.15, 0.2) is 0 Å². The number of amides is 1. The summed E-state index contributed by atoms with van der Waals surface area (Å²) in [6.07, 6.45) is 4.53. The Labute approximate surface area is 78.5 Å². The van der Waals surface area contributed by atoms with Gasteiger partial charge in [0, 0.05) is 13.0 Å². The second-order valence-electron chi connectivity index (χ2n) is 2.59. The predicted molar refractivity (Wildman–Crippen MR) is 54.3 cm³/mol. The van der Waals surface area contributed by atoms with Gasteiger partial charge >= 0.3 is 0 Å². The Morgan fingerprint density at radius 2 is 2.25 bits per heavy atom. The van der Waals surface area contributed by atoms with Crippen molar-refractivity contribution in [1.29, 1.82) is 0 Å². The van der Waals surface area contributed by atoms with Crippen molar-refractivity contribution in [2.45, 2.75) is 19.3 Å². The molecule has 0 aromatic rings. The van der Waals surface area contributed by atoms with Gasteiger partial charge in [0.1, 0.15) is 0 Å². The third-order valence-corrected chi connectivity index (χ3v) is 2.15. The average Bonchev–Trinajstić information content (AvgIpc) is 2.06. The van der Waals surface area contributed by atoms with Gasteiger partial charge in [-0.05, 0) is 31.4 Å². The van der Waals surface area contributed by atoms with Crippen LogP contribution in [0.25, 0.3) is 0 Å². The third-order valence-electron chi connectivity index (χ3n) is 1.46. The lowest BCUT2D eigenvalue weighted by atomic mass is 10.3. The first-order chi connectivity index (χ1) is 5.81. The standard InChI is InChI=1S/C8H18N2OS/c1-12-7-2-4-8(11)10-6-3-5-9/h2-7,9H2,1H3,(H,10,11). The molecule has 0 aliphatic carbocycles. The van der Waals surface area contributed by atoms with Crippen LogP contribution in [0.3, 0.4) is 0 Å². The van der Waals surface area contributed by atoms with E-state index in [0.717, 1.165) is 18.6 Å². The number of hydrogen-bond donors (Lipinski definition) is 2. The summed E-state index contributed by atoms with van der Waals surface area (Å²) < 4.78 is 0. The van der Waals surface area contributed by atoms with Crippen molar-refractivity contribution in [1.82, 2.24) is 5.32 Å². The topological polar surface area (TPSA) is 55.1 Å². The van der Waals surface area contributed by atoms with Gasteiger partial charge in [-0.2, -0.15) is 11.8 Å². The maximum atomic E-state index is 11.0. The van der Waals surface area contributed by atoms with E-state index in [4.69, 9.17) is 5.73 Å². The number of hydrogen-bond acceptors (Lipinski definition) is 3. The molecule has 0 fully saturated rings. The zero-order valence-electron chi connectivity index (χ0n) is 7.64. The van der Waals surface area contributed by atoms with Gasteiger partial charge < -0.3 is 11.1 Å². The van der Waals surface area contributed by atoms with Crippen LogP contribution in [-0.4, -0.2) is 31.0 Å². The van der Waals surface area contributed by atoms with Crippen LogP contribution < -0.4 is 11.1 Å². The van der Waals surface area contributed by atoms with Crippen molar-refractivity contribution < 1.29 is 4.79 Å². The SMILES string of the molecule is CSCCCC(=O)NCCCN. The fraction of sp³-hybridized carbons (Fsp3) is 0.875. The number of carbonyl (C=O) groups is 1. The molecule has 0 aromatic carbocycles. The molecule has 0 aromatic heterocycles. The van der Waals surface area contributed by atoms with Crippen molar-refractivity contribution in [2.24, 2.45) is 5.73 Å². The smallest absolute Gasteiger partial charge is 0.220 e. The first-order valence-electron chi connectivity index (χ1n) is 4.27. The molecule has 0 saturated heterocycles. The van der Waals surface area contributed by atoms with E-state index < -0.39 is 0 Å². The Morgan fingerprint density at radius 3 is 2.83 bits per heavy atom. The van der Waals surface area contributed by atoms with E-state index in [2.05, 4.69) is 5.32 Å². The van der Waals surface area contributed by atoms with Crippen molar-refractivity contribution in [2.75, 3.05) is 25.1 Å². The normalized spacial score (nSPS) is 9.83. The van der Waals surface area contributed by atoms with E-state index >= 15 is 0 Å². The number of thioether (sulfide) groups is 1. The maximum Gasteiger partial charge on any atom is 0.220 e. The maximum absolute atomic E-state index is 11.0. The molecular weight excluding hydrogens is 172 g/mol. The molecule has 0 unspecified atom stereocenters. The van der Waals surface area contributed by atoms with E-state index in [1.807, 2.05) is 6.26 Å². The zero-order valence-corrected chi connectivity index (χ0v) is 8.45. The molecule has 0 aliphatic heterocycles. The monoisotopic (exact) mass is 190 g/mol. The molecular formula is C8H18N2OS. The average molecular weight is 190 g/mol. The molecule has 0 saturated carbocycles. The lowest BCUT2D eigenvalue weighted by Gasteiger charge is -2.02. The minimum Gasteiger partial charge on any atom is -0.356 e. The Bertz CT molecular complexity index is 108. The number of nitrogens with two attached hydrogens (primary N) is 1. The summed E-state index contributed by atoms with van der Waals surface area (Å²) in [5.74, 6) is 1.21. The van der Waals surface area contributed by atoms with Gasteiger partial charge in [-0.3, -0.25) is 4.79 Å². The van der Waals surface area contributed by atoms with Crippen LogP contribution in [-0.2, 0) is 4.79 Å². The summed E-state index contributed by atoms with van der Waals surface area (Å²) in [6.45, 7) is 1.36. The summed E-state index contributed by atoms with van der Waals surface area (Å²) in [5.41, 5.74) is 5.28. The largest absolute Gasteiger partial charge is 0.356 e. The summed E-state index contributed by atoms with van der Waals surface area (Å²) in [5, 5.41) is 2.81. The molecule has 4 heteroatoms. The molecule has 0 atom stereocenters. The molecule has 72 valence electrons. The third kappa shape index (κ3) is 7.88. The molecule has 0 heterocycles. The van der Waals surface area contributed by atoms with Crippen LogP contribution in [0.4, 0.5) is 0 Å². The molecule has 0 spiro atoms. The highest BCUT2D eigenvalue weighted by Gasteiger charge is 1.98. The predicted octanol–water partition coefficient (Wildman–Crippen LogP) is 0.595. The molecule has 3 N–H and O–H groups in total. The number of nitrogens with one attached hydrogen (secondary N) is 1. The van der Waals surface area contributed by atoms with Crippen molar-refractivity contribution in [3.8, 4) is 0 Å². The van der Waals surface area contributed by atoms with Crippen molar-refractivity contribution in [3.05, 3.63) is 0 Å². The van der Waals surface area contributed by atoms with Gasteiger partial charge in [0.05, 0.1) is 0 Å². The van der Waals surface area contributed by atoms with E-state index in [1.54, 1.807) is 11.8 Å². The summed E-state index contributed by atoms with van der Waals surface area (Å²) in [7, 11) is 0. The summed E-state index contributed by atoms with van der Waals surface area (Å²) >= 11 is 1.77. The second-order valence-corrected chi connectivity index (χ2v) is 3.57. The summed E-state index contributed by atoms with van der Waals surface area (Å²) in [6, 6.07) is 0. The minimum atomic E-state index is 0.150. The molecule has 0 aliphatic rings. The van der Waals surface area contributed by atoms with Crippen LogP contribution in [0.5, 0.6) is 0 Å². The Hall–Kier alpha value is -0.220. The van der Waals surface area contributed by atoms with Crippen LogP contribution in [0.2, 0.25) is 0 Å². The Morgan fingerprint density at radius 1 is 1.50 bits per heavy atom. The highest BCUT2D eigenvalue weighted by Crippen LogP contribution is 1.98. The van der Waals surface area contributed by atoms with Gasteiger partial charge in [-0.15, -0.1) is 0 Å². The zero-order chi connectivity index (χ0) is 9.23. The van der Waals surface area contributed by atoms with Crippen LogP contribution in [0, 0.1) is 0 Å². The van der Waals surface area contributed by atoms with E-state index in [1.165, 1.54) is 0 Å². The highest BCUT2D eigenvalue weighted by molar-refractivity contribution is 7.98. The van der Waals surface area contributed by atoms with Crippen molar-refractivity contribution in [3.63, 3.8) is 0 Å². The quantitative estimate of drug-likeness (QED) is 0.578. The fourth-order valence-electron chi connectivity index (χ4n) is 0.795. The highest BCUT2D eigenvalue weighted by atomic mass is 32.2. The van der Waals surface area contributed by atoms with Crippen LogP contribution in [0.15, 0.2) is 0 Å². The lowest BCUT2D eigenvalue weighted by molar-refractivity contribution is -0.121. The molecule has 0 radical (unpaired) electrons. The second kappa shape index (κ2) is 8.87. The van der Waals surface area contributed by atoms with E-state index in [0.29, 0.717) is 19.5 Å². The van der Waals surface area contributed by atoms with Crippen LogP contribution in [0.1, 0.15) is 19.3 Å². The van der Waals surface area contributed by atoms with E-state index in [9.17, 15) is 4.79 Å². The van der Waals surface area contributed by atoms with Gasteiger partial charge in [-0.25, -0.2) is 0 Å².